The molecule has 4 atom stereocenters. The monoisotopic (exact) mass is 406 g/mol. The van der Waals surface area contributed by atoms with E-state index >= 15 is 0 Å². The molecule has 0 saturated carbocycles. The Kier molecular flexibility index (Phi) is 7.55. The maximum absolute atomic E-state index is 7.51. The zero-order valence-electron chi connectivity index (χ0n) is 20.3. The van der Waals surface area contributed by atoms with Crippen molar-refractivity contribution in [3.05, 3.63) is 0 Å². The SMILES string of the molecule is CCC#CCC[C@@H]1[C@@H](O[Si](C(C)C)(C(C)C)C(C)C)C(C)(C)[C@H]2CC[C@]1(C)O2. The van der Waals surface area contributed by atoms with Gasteiger partial charge >= 0.3 is 0 Å². The highest BCUT2D eigenvalue weighted by molar-refractivity contribution is 6.77. The van der Waals surface area contributed by atoms with Crippen molar-refractivity contribution in [3.63, 3.8) is 0 Å². The summed E-state index contributed by atoms with van der Waals surface area (Å²) in [6.45, 7) is 23.7. The molecule has 0 aromatic heterocycles. The molecular formula is C25H46O2Si. The average molecular weight is 407 g/mol. The minimum absolute atomic E-state index is 0.0514. The zero-order chi connectivity index (χ0) is 21.3. The van der Waals surface area contributed by atoms with Gasteiger partial charge in [-0.05, 0) is 42.8 Å². The van der Waals surface area contributed by atoms with E-state index in [1.54, 1.807) is 0 Å². The Hall–Kier alpha value is -0.303. The lowest BCUT2D eigenvalue weighted by Gasteiger charge is -2.56. The van der Waals surface area contributed by atoms with Crippen molar-refractivity contribution >= 4 is 8.32 Å². The van der Waals surface area contributed by atoms with Gasteiger partial charge in [0.1, 0.15) is 0 Å². The Morgan fingerprint density at radius 2 is 1.57 bits per heavy atom. The van der Waals surface area contributed by atoms with Gasteiger partial charge in [0, 0.05) is 24.2 Å². The van der Waals surface area contributed by atoms with Crippen molar-refractivity contribution in [3.8, 4) is 11.8 Å². The van der Waals surface area contributed by atoms with E-state index in [2.05, 4.69) is 81.1 Å². The molecule has 2 aliphatic rings. The van der Waals surface area contributed by atoms with E-state index < -0.39 is 8.32 Å². The summed E-state index contributed by atoms with van der Waals surface area (Å²) >= 11 is 0. The molecule has 28 heavy (non-hydrogen) atoms. The minimum atomic E-state index is -1.96. The first-order valence-electron chi connectivity index (χ1n) is 11.7. The highest BCUT2D eigenvalue weighted by Gasteiger charge is 2.62. The van der Waals surface area contributed by atoms with Crippen molar-refractivity contribution in [2.75, 3.05) is 0 Å². The number of fused-ring (bicyclic) bond motifs is 2. The average Bonchev–Trinajstić information content (AvgIpc) is 2.96. The fourth-order valence-corrected chi connectivity index (χ4v) is 12.2. The van der Waals surface area contributed by atoms with Gasteiger partial charge in [0.2, 0.25) is 8.32 Å². The van der Waals surface area contributed by atoms with E-state index in [9.17, 15) is 0 Å². The van der Waals surface area contributed by atoms with E-state index in [4.69, 9.17) is 9.16 Å². The lowest BCUT2D eigenvalue weighted by Crippen LogP contribution is -2.62. The third-order valence-corrected chi connectivity index (χ3v) is 14.0. The second kappa shape index (κ2) is 8.82. The lowest BCUT2D eigenvalue weighted by molar-refractivity contribution is -0.212. The summed E-state index contributed by atoms with van der Waals surface area (Å²) in [4.78, 5) is 0. The first-order chi connectivity index (χ1) is 12.9. The van der Waals surface area contributed by atoms with Crippen LogP contribution in [-0.2, 0) is 9.16 Å². The fraction of sp³-hybridized carbons (Fsp3) is 0.920. The summed E-state index contributed by atoms with van der Waals surface area (Å²) < 4.78 is 14.2. The molecule has 2 rings (SSSR count). The quantitative estimate of drug-likeness (QED) is 0.325. The molecule has 0 radical (unpaired) electrons. The number of hydrogen-bond acceptors (Lipinski definition) is 2. The van der Waals surface area contributed by atoms with Crippen LogP contribution >= 0.6 is 0 Å². The predicted octanol–water partition coefficient (Wildman–Crippen LogP) is 7.33. The van der Waals surface area contributed by atoms with Gasteiger partial charge in [-0.15, -0.1) is 11.8 Å². The van der Waals surface area contributed by atoms with Gasteiger partial charge in [-0.25, -0.2) is 0 Å². The molecule has 2 bridgehead atoms. The molecule has 2 heterocycles. The zero-order valence-corrected chi connectivity index (χ0v) is 21.3. The molecule has 0 aliphatic carbocycles. The van der Waals surface area contributed by atoms with Crippen LogP contribution in [0.25, 0.3) is 0 Å². The Morgan fingerprint density at radius 1 is 1.00 bits per heavy atom. The molecule has 3 heteroatoms. The van der Waals surface area contributed by atoms with E-state index in [0.717, 1.165) is 25.7 Å². The van der Waals surface area contributed by atoms with Crippen molar-refractivity contribution < 1.29 is 9.16 Å². The molecule has 2 fully saturated rings. The van der Waals surface area contributed by atoms with E-state index in [0.29, 0.717) is 28.6 Å². The van der Waals surface area contributed by atoms with E-state index in [-0.39, 0.29) is 17.1 Å². The summed E-state index contributed by atoms with van der Waals surface area (Å²) in [7, 11) is -1.96. The Bertz CT molecular complexity index is 561. The van der Waals surface area contributed by atoms with Gasteiger partial charge in [-0.3, -0.25) is 0 Å². The Labute approximate surface area is 176 Å². The molecule has 0 unspecified atom stereocenters. The van der Waals surface area contributed by atoms with Gasteiger partial charge in [-0.1, -0.05) is 62.3 Å². The molecule has 162 valence electrons. The summed E-state index contributed by atoms with van der Waals surface area (Å²) in [5.41, 5.74) is 1.82. The van der Waals surface area contributed by atoms with Crippen molar-refractivity contribution in [1.29, 1.82) is 0 Å². The molecule has 0 aromatic rings. The van der Waals surface area contributed by atoms with Crippen LogP contribution < -0.4 is 0 Å². The number of rotatable bonds is 7. The lowest BCUT2D eigenvalue weighted by atomic mass is 9.69. The van der Waals surface area contributed by atoms with Crippen LogP contribution in [0, 0.1) is 23.2 Å². The van der Waals surface area contributed by atoms with Crippen LogP contribution in [0.1, 0.15) is 101 Å². The van der Waals surface area contributed by atoms with Gasteiger partial charge in [-0.2, -0.15) is 0 Å². The molecule has 2 nitrogen and oxygen atoms in total. The summed E-state index contributed by atoms with van der Waals surface area (Å²) in [5.74, 6) is 7.07. The summed E-state index contributed by atoms with van der Waals surface area (Å²) in [5, 5.41) is 0. The molecule has 0 aromatic carbocycles. The minimum Gasteiger partial charge on any atom is -0.412 e. The summed E-state index contributed by atoms with van der Waals surface area (Å²) in [6.07, 6.45) is 5.89. The second-order valence-electron chi connectivity index (χ2n) is 11.0. The molecule has 2 aliphatic heterocycles. The summed E-state index contributed by atoms with van der Waals surface area (Å²) in [6, 6.07) is 0. The maximum Gasteiger partial charge on any atom is 0.200 e. The molecule has 0 N–H and O–H groups in total. The van der Waals surface area contributed by atoms with Crippen molar-refractivity contribution in [2.24, 2.45) is 11.3 Å². The smallest absolute Gasteiger partial charge is 0.200 e. The van der Waals surface area contributed by atoms with Gasteiger partial charge in [0.05, 0.1) is 17.8 Å². The van der Waals surface area contributed by atoms with E-state index in [1.807, 2.05) is 0 Å². The van der Waals surface area contributed by atoms with E-state index in [1.165, 1.54) is 6.42 Å². The second-order valence-corrected chi connectivity index (χ2v) is 16.4. The van der Waals surface area contributed by atoms with Crippen LogP contribution in [-0.4, -0.2) is 26.1 Å². The Morgan fingerprint density at radius 3 is 2.07 bits per heavy atom. The van der Waals surface area contributed by atoms with Gasteiger partial charge in [0.15, 0.2) is 0 Å². The molecule has 0 amide bonds. The first kappa shape index (κ1) is 24.0. The standard InChI is InChI=1S/C25H46O2Si/c1-11-12-13-14-15-21-23(24(8,9)22-16-17-25(21,10)26-22)27-28(18(2)3,19(4)5)20(6)7/h18-23H,11,14-17H2,1-10H3/t21-,22-,23-,25+/m1/s1. The fourth-order valence-electron chi connectivity index (χ4n) is 6.44. The predicted molar refractivity (Wildman–Crippen MR) is 123 cm³/mol. The van der Waals surface area contributed by atoms with Crippen molar-refractivity contribution in [1.82, 2.24) is 0 Å². The molecule has 2 saturated heterocycles. The van der Waals surface area contributed by atoms with Crippen LogP contribution in [0.15, 0.2) is 0 Å². The maximum atomic E-state index is 7.51. The van der Waals surface area contributed by atoms with Crippen LogP contribution in [0.2, 0.25) is 16.6 Å². The Balaban J connectivity index is 2.45. The van der Waals surface area contributed by atoms with Gasteiger partial charge < -0.3 is 9.16 Å². The van der Waals surface area contributed by atoms with Crippen LogP contribution in [0.5, 0.6) is 0 Å². The molecule has 0 spiro atoms. The first-order valence-corrected chi connectivity index (χ1v) is 13.9. The molecular weight excluding hydrogens is 360 g/mol. The highest BCUT2D eigenvalue weighted by Crippen LogP contribution is 2.57. The number of hydrogen-bond donors (Lipinski definition) is 0. The topological polar surface area (TPSA) is 18.5 Å². The van der Waals surface area contributed by atoms with Crippen LogP contribution in [0.3, 0.4) is 0 Å². The third kappa shape index (κ3) is 4.12. The van der Waals surface area contributed by atoms with Crippen LogP contribution in [0.4, 0.5) is 0 Å². The van der Waals surface area contributed by atoms with Crippen molar-refractivity contribution in [2.45, 2.75) is 136 Å². The largest absolute Gasteiger partial charge is 0.412 e. The highest BCUT2D eigenvalue weighted by atomic mass is 28.4. The van der Waals surface area contributed by atoms with Gasteiger partial charge in [0.25, 0.3) is 0 Å². The third-order valence-electron chi connectivity index (χ3n) is 7.95. The number of ether oxygens (including phenoxy) is 1. The normalized spacial score (nSPS) is 32.1.